The minimum Gasteiger partial charge on any atom is -0.468 e. The molecule has 1 unspecified atom stereocenters. The fourth-order valence-electron chi connectivity index (χ4n) is 4.75. The number of para-hydroxylation sites is 1. The number of esters is 1. The van der Waals surface area contributed by atoms with Gasteiger partial charge in [-0.2, -0.15) is 0 Å². The van der Waals surface area contributed by atoms with E-state index in [1.54, 1.807) is 4.90 Å². The number of nitrogens with one attached hydrogen (secondary N) is 1. The quantitative estimate of drug-likeness (QED) is 0.627. The minimum absolute atomic E-state index is 0.00687. The average Bonchev–Trinajstić information content (AvgIpc) is 3.14. The number of methoxy groups -OCH3 is 1. The van der Waals surface area contributed by atoms with Gasteiger partial charge >= 0.3 is 12.0 Å². The molecule has 0 aliphatic carbocycles. The van der Waals surface area contributed by atoms with Crippen LogP contribution in [-0.2, 0) is 20.9 Å². The molecule has 1 atom stereocenters. The molecule has 3 N–H and O–H groups in total. The zero-order valence-electron chi connectivity index (χ0n) is 19.4. The third-order valence-electron chi connectivity index (χ3n) is 6.65. The average molecular weight is 466 g/mol. The first-order valence-electron chi connectivity index (χ1n) is 11.5. The highest BCUT2D eigenvalue weighted by atomic mass is 16.5. The Morgan fingerprint density at radius 3 is 2.29 bits per heavy atom. The number of likely N-dealkylation sites (tertiary alicyclic amines) is 1. The van der Waals surface area contributed by atoms with Crippen LogP contribution >= 0.6 is 0 Å². The maximum atomic E-state index is 13.8. The molecule has 9 heteroatoms. The number of urea groups is 1. The number of hydrogen-bond acceptors (Lipinski definition) is 6. The minimum atomic E-state index is -0.915. The fraction of sp³-hybridized carbons (Fsp3) is 0.400. The first-order chi connectivity index (χ1) is 16.4. The van der Waals surface area contributed by atoms with E-state index in [0.29, 0.717) is 39.1 Å². The van der Waals surface area contributed by atoms with Crippen molar-refractivity contribution in [1.29, 1.82) is 0 Å². The van der Waals surface area contributed by atoms with Crippen molar-refractivity contribution in [3.05, 3.63) is 66.2 Å². The SMILES string of the molecule is COC(=O)C(N)CNC(=O)N1CCC2(CC1)C(=O)N(Cc1ccccc1)CN2c1ccccc1. The lowest BCUT2D eigenvalue weighted by molar-refractivity contribution is -0.142. The lowest BCUT2D eigenvalue weighted by Crippen LogP contribution is -2.59. The van der Waals surface area contributed by atoms with E-state index in [0.717, 1.165) is 11.3 Å². The largest absolute Gasteiger partial charge is 0.468 e. The van der Waals surface area contributed by atoms with Gasteiger partial charge < -0.3 is 30.5 Å². The molecule has 2 heterocycles. The van der Waals surface area contributed by atoms with E-state index >= 15 is 0 Å². The molecule has 0 bridgehead atoms. The second-order valence-electron chi connectivity index (χ2n) is 8.73. The Kier molecular flexibility index (Phi) is 7.02. The number of carbonyl (C=O) groups is 3. The molecule has 2 aliphatic rings. The van der Waals surface area contributed by atoms with Crippen molar-refractivity contribution < 1.29 is 19.1 Å². The van der Waals surface area contributed by atoms with Gasteiger partial charge in [0.15, 0.2) is 0 Å². The molecule has 2 aromatic rings. The number of piperidine rings is 1. The Hall–Kier alpha value is -3.59. The Morgan fingerprint density at radius 2 is 1.68 bits per heavy atom. The molecule has 2 aliphatic heterocycles. The highest BCUT2D eigenvalue weighted by Gasteiger charge is 2.54. The Labute approximate surface area is 199 Å². The summed E-state index contributed by atoms with van der Waals surface area (Å²) in [4.78, 5) is 43.6. The van der Waals surface area contributed by atoms with Gasteiger partial charge in [-0.25, -0.2) is 4.79 Å². The smallest absolute Gasteiger partial charge is 0.324 e. The lowest BCUT2D eigenvalue weighted by Gasteiger charge is -2.43. The number of ether oxygens (including phenoxy) is 1. The molecule has 2 saturated heterocycles. The van der Waals surface area contributed by atoms with E-state index in [4.69, 9.17) is 5.73 Å². The third kappa shape index (κ3) is 4.70. The van der Waals surface area contributed by atoms with Gasteiger partial charge in [-0.05, 0) is 30.5 Å². The van der Waals surface area contributed by atoms with Crippen LogP contribution in [0.5, 0.6) is 0 Å². The second-order valence-corrected chi connectivity index (χ2v) is 8.73. The summed E-state index contributed by atoms with van der Waals surface area (Å²) in [5.74, 6) is -0.487. The summed E-state index contributed by atoms with van der Waals surface area (Å²) in [5, 5.41) is 2.69. The van der Waals surface area contributed by atoms with Crippen LogP contribution in [0.15, 0.2) is 60.7 Å². The van der Waals surface area contributed by atoms with Crippen molar-refractivity contribution >= 4 is 23.6 Å². The monoisotopic (exact) mass is 465 g/mol. The maximum Gasteiger partial charge on any atom is 0.324 e. The predicted octanol–water partition coefficient (Wildman–Crippen LogP) is 1.54. The van der Waals surface area contributed by atoms with Crippen LogP contribution in [0.1, 0.15) is 18.4 Å². The van der Waals surface area contributed by atoms with Crippen LogP contribution in [0.25, 0.3) is 0 Å². The van der Waals surface area contributed by atoms with E-state index in [1.165, 1.54) is 7.11 Å². The van der Waals surface area contributed by atoms with Gasteiger partial charge in [0.2, 0.25) is 5.91 Å². The van der Waals surface area contributed by atoms with Crippen LogP contribution in [0.3, 0.4) is 0 Å². The fourth-order valence-corrected chi connectivity index (χ4v) is 4.75. The number of benzene rings is 2. The number of nitrogens with zero attached hydrogens (tertiary/aromatic N) is 3. The lowest BCUT2D eigenvalue weighted by atomic mass is 9.85. The molecule has 0 saturated carbocycles. The van der Waals surface area contributed by atoms with Crippen LogP contribution < -0.4 is 16.0 Å². The van der Waals surface area contributed by atoms with Crippen molar-refractivity contribution in [2.75, 3.05) is 38.3 Å². The Balaban J connectivity index is 1.47. The standard InChI is InChI=1S/C25H31N5O4/c1-34-22(31)21(26)16-27-24(33)28-14-12-25(13-15-28)23(32)29(17-19-8-4-2-5-9-19)18-30(25)20-10-6-3-7-11-20/h2-11,21H,12-18,26H2,1H3,(H,27,33). The van der Waals surface area contributed by atoms with Gasteiger partial charge in [-0.1, -0.05) is 48.5 Å². The molecule has 9 nitrogen and oxygen atoms in total. The van der Waals surface area contributed by atoms with Crippen LogP contribution in [0.2, 0.25) is 0 Å². The molecule has 3 amide bonds. The molecule has 2 fully saturated rings. The van der Waals surface area contributed by atoms with Crippen molar-refractivity contribution in [2.45, 2.75) is 31.0 Å². The Morgan fingerprint density at radius 1 is 1.06 bits per heavy atom. The summed E-state index contributed by atoms with van der Waals surface area (Å²) in [6.45, 7) is 1.88. The van der Waals surface area contributed by atoms with Gasteiger partial charge in [0, 0.05) is 31.9 Å². The summed E-state index contributed by atoms with van der Waals surface area (Å²) in [7, 11) is 1.26. The molecule has 1 spiro atoms. The summed E-state index contributed by atoms with van der Waals surface area (Å²) in [5.41, 5.74) is 7.09. The second kappa shape index (κ2) is 10.1. The predicted molar refractivity (Wildman–Crippen MR) is 128 cm³/mol. The molecule has 4 rings (SSSR count). The maximum absolute atomic E-state index is 13.8. The number of anilines is 1. The van der Waals surface area contributed by atoms with Crippen molar-refractivity contribution in [2.24, 2.45) is 5.73 Å². The van der Waals surface area contributed by atoms with E-state index < -0.39 is 17.6 Å². The number of carbonyl (C=O) groups excluding carboxylic acids is 3. The highest BCUT2D eigenvalue weighted by molar-refractivity contribution is 5.94. The first-order valence-corrected chi connectivity index (χ1v) is 11.5. The van der Waals surface area contributed by atoms with E-state index in [9.17, 15) is 14.4 Å². The van der Waals surface area contributed by atoms with E-state index in [-0.39, 0.29) is 18.5 Å². The van der Waals surface area contributed by atoms with Crippen LogP contribution in [0.4, 0.5) is 10.5 Å². The van der Waals surface area contributed by atoms with Crippen molar-refractivity contribution in [3.8, 4) is 0 Å². The molecule has 0 radical (unpaired) electrons. The number of hydrogen-bond donors (Lipinski definition) is 2. The zero-order valence-corrected chi connectivity index (χ0v) is 19.4. The summed E-state index contributed by atoms with van der Waals surface area (Å²) in [6.07, 6.45) is 1.03. The summed E-state index contributed by atoms with van der Waals surface area (Å²) < 4.78 is 4.59. The normalized spacial score (nSPS) is 18.2. The molecule has 180 valence electrons. The van der Waals surface area contributed by atoms with Crippen molar-refractivity contribution in [3.63, 3.8) is 0 Å². The number of nitrogens with two attached hydrogens (primary N) is 1. The van der Waals surface area contributed by atoms with Gasteiger partial charge in [-0.3, -0.25) is 9.59 Å². The van der Waals surface area contributed by atoms with Crippen LogP contribution in [0, 0.1) is 0 Å². The first kappa shape index (κ1) is 23.6. The molecule has 0 aromatic heterocycles. The molecular formula is C25H31N5O4. The summed E-state index contributed by atoms with van der Waals surface area (Å²) in [6, 6.07) is 18.7. The van der Waals surface area contributed by atoms with Gasteiger partial charge in [0.25, 0.3) is 0 Å². The number of amides is 3. The Bertz CT molecular complexity index is 1010. The van der Waals surface area contributed by atoms with Crippen molar-refractivity contribution in [1.82, 2.24) is 15.1 Å². The highest BCUT2D eigenvalue weighted by Crippen LogP contribution is 2.40. The van der Waals surface area contributed by atoms with Gasteiger partial charge in [0.1, 0.15) is 11.6 Å². The molecule has 2 aromatic carbocycles. The van der Waals surface area contributed by atoms with Gasteiger partial charge in [-0.15, -0.1) is 0 Å². The molecular weight excluding hydrogens is 434 g/mol. The van der Waals surface area contributed by atoms with E-state index in [2.05, 4.69) is 15.0 Å². The molecule has 34 heavy (non-hydrogen) atoms. The summed E-state index contributed by atoms with van der Waals surface area (Å²) >= 11 is 0. The number of rotatable bonds is 6. The topological polar surface area (TPSA) is 108 Å². The zero-order chi connectivity index (χ0) is 24.1. The van der Waals surface area contributed by atoms with E-state index in [1.807, 2.05) is 65.6 Å². The third-order valence-corrected chi connectivity index (χ3v) is 6.65. The van der Waals surface area contributed by atoms with Crippen LogP contribution in [-0.4, -0.2) is 72.7 Å². The van der Waals surface area contributed by atoms with Gasteiger partial charge in [0.05, 0.1) is 13.8 Å².